The molecule has 0 saturated carbocycles. The first-order chi connectivity index (χ1) is 16.9. The van der Waals surface area contributed by atoms with Crippen molar-refractivity contribution in [1.82, 2.24) is 4.98 Å². The summed E-state index contributed by atoms with van der Waals surface area (Å²) in [5, 5.41) is 11.4. The summed E-state index contributed by atoms with van der Waals surface area (Å²) >= 11 is 4.65. The summed E-state index contributed by atoms with van der Waals surface area (Å²) in [5.41, 5.74) is 1.42. The summed E-state index contributed by atoms with van der Waals surface area (Å²) < 4.78 is 20.6. The number of hydrogen-bond acceptors (Lipinski definition) is 6. The van der Waals surface area contributed by atoms with Gasteiger partial charge in [0.15, 0.2) is 5.13 Å². The van der Waals surface area contributed by atoms with Crippen molar-refractivity contribution >= 4 is 60.1 Å². The Kier molecular flexibility index (Phi) is 6.12. The van der Waals surface area contributed by atoms with Gasteiger partial charge >= 0.3 is 5.91 Å². The molecule has 5 rings (SSSR count). The van der Waals surface area contributed by atoms with Gasteiger partial charge in [0.1, 0.15) is 17.3 Å². The first-order valence-electron chi connectivity index (χ1n) is 10.7. The zero-order valence-electron chi connectivity index (χ0n) is 18.4. The van der Waals surface area contributed by atoms with Crippen LogP contribution < -0.4 is 9.64 Å². The lowest BCUT2D eigenvalue weighted by molar-refractivity contribution is -0.132. The van der Waals surface area contributed by atoms with Crippen molar-refractivity contribution < 1.29 is 23.8 Å². The average Bonchev–Trinajstić information content (AvgIpc) is 3.38. The van der Waals surface area contributed by atoms with E-state index in [9.17, 15) is 19.1 Å². The van der Waals surface area contributed by atoms with E-state index < -0.39 is 23.5 Å². The van der Waals surface area contributed by atoms with Gasteiger partial charge in [0.2, 0.25) is 0 Å². The fraction of sp³-hybridized carbons (Fsp3) is 0.115. The Morgan fingerprint density at radius 2 is 1.83 bits per heavy atom. The molecule has 1 amide bonds. The topological polar surface area (TPSA) is 79.7 Å². The number of aliphatic hydroxyl groups excluding tert-OH is 1. The molecule has 0 aliphatic carbocycles. The number of ether oxygens (including phenoxy) is 1. The molecule has 9 heteroatoms. The molecule has 0 spiro atoms. The number of ketones is 1. The number of nitrogens with zero attached hydrogens (tertiary/aromatic N) is 2. The standard InChI is InChI=1S/C26H18BrFN2O4S/c1-2-34-18-11-12-19-20(13-18)35-26(29-19)30-22(14-3-7-16(27)8-4-14)21(24(32)25(30)33)23(31)15-5-9-17(28)10-6-15/h3-13,22,31H,2H2,1H3/t22-/m0/s1. The van der Waals surface area contributed by atoms with E-state index in [0.29, 0.717) is 28.6 Å². The third kappa shape index (κ3) is 4.21. The van der Waals surface area contributed by atoms with E-state index in [1.807, 2.05) is 13.0 Å². The van der Waals surface area contributed by atoms with Crippen LogP contribution in [0.3, 0.4) is 0 Å². The lowest BCUT2D eigenvalue weighted by Crippen LogP contribution is -2.29. The van der Waals surface area contributed by atoms with E-state index in [-0.39, 0.29) is 16.9 Å². The first-order valence-corrected chi connectivity index (χ1v) is 12.3. The third-order valence-electron chi connectivity index (χ3n) is 5.61. The van der Waals surface area contributed by atoms with E-state index >= 15 is 0 Å². The fourth-order valence-electron chi connectivity index (χ4n) is 4.01. The molecule has 176 valence electrons. The highest BCUT2D eigenvalue weighted by Gasteiger charge is 2.48. The lowest BCUT2D eigenvalue weighted by atomic mass is 9.95. The van der Waals surface area contributed by atoms with Crippen LogP contribution in [0.2, 0.25) is 0 Å². The molecule has 0 radical (unpaired) electrons. The van der Waals surface area contributed by atoms with Crippen molar-refractivity contribution in [2.45, 2.75) is 13.0 Å². The van der Waals surface area contributed by atoms with Gasteiger partial charge in [-0.25, -0.2) is 9.37 Å². The molecule has 0 bridgehead atoms. The van der Waals surface area contributed by atoms with Crippen LogP contribution in [0.15, 0.2) is 76.8 Å². The highest BCUT2D eigenvalue weighted by atomic mass is 79.9. The highest BCUT2D eigenvalue weighted by Crippen LogP contribution is 2.44. The maximum absolute atomic E-state index is 13.5. The van der Waals surface area contributed by atoms with Gasteiger partial charge < -0.3 is 9.84 Å². The number of aromatic nitrogens is 1. The molecule has 2 heterocycles. The van der Waals surface area contributed by atoms with Crippen LogP contribution in [0.25, 0.3) is 16.0 Å². The maximum Gasteiger partial charge on any atom is 0.301 e. The van der Waals surface area contributed by atoms with Gasteiger partial charge in [-0.05, 0) is 67.1 Å². The number of fused-ring (bicyclic) bond motifs is 1. The lowest BCUT2D eigenvalue weighted by Gasteiger charge is -2.23. The van der Waals surface area contributed by atoms with Crippen molar-refractivity contribution in [3.63, 3.8) is 0 Å². The van der Waals surface area contributed by atoms with Gasteiger partial charge in [0.25, 0.3) is 5.78 Å². The number of amides is 1. The third-order valence-corrected chi connectivity index (χ3v) is 7.16. The fourth-order valence-corrected chi connectivity index (χ4v) is 5.29. The van der Waals surface area contributed by atoms with Crippen molar-refractivity contribution in [2.24, 2.45) is 0 Å². The van der Waals surface area contributed by atoms with Crippen molar-refractivity contribution in [3.8, 4) is 5.75 Å². The van der Waals surface area contributed by atoms with Crippen LogP contribution in [-0.4, -0.2) is 28.4 Å². The molecule has 1 atom stereocenters. The van der Waals surface area contributed by atoms with Gasteiger partial charge in [-0.1, -0.05) is 39.4 Å². The number of rotatable bonds is 5. The second-order valence-electron chi connectivity index (χ2n) is 7.79. The largest absolute Gasteiger partial charge is 0.507 e. The Bertz CT molecular complexity index is 1480. The van der Waals surface area contributed by atoms with Crippen molar-refractivity contribution in [3.05, 3.63) is 93.7 Å². The molecule has 35 heavy (non-hydrogen) atoms. The molecular formula is C26H18BrFN2O4S. The van der Waals surface area contributed by atoms with Crippen LogP contribution in [-0.2, 0) is 9.59 Å². The molecule has 3 aromatic carbocycles. The highest BCUT2D eigenvalue weighted by molar-refractivity contribution is 9.10. The number of thiazole rings is 1. The Labute approximate surface area is 212 Å². The molecule has 1 aliphatic heterocycles. The van der Waals surface area contributed by atoms with Gasteiger partial charge in [0, 0.05) is 10.0 Å². The Morgan fingerprint density at radius 1 is 1.11 bits per heavy atom. The van der Waals surface area contributed by atoms with Crippen LogP contribution in [0, 0.1) is 5.82 Å². The van der Waals surface area contributed by atoms with Gasteiger partial charge in [-0.3, -0.25) is 14.5 Å². The summed E-state index contributed by atoms with van der Waals surface area (Å²) in [6.07, 6.45) is 0. The second kappa shape index (κ2) is 9.24. The smallest absolute Gasteiger partial charge is 0.301 e. The van der Waals surface area contributed by atoms with Crippen LogP contribution in [0.1, 0.15) is 24.1 Å². The van der Waals surface area contributed by atoms with Gasteiger partial charge in [-0.15, -0.1) is 0 Å². The predicted octanol–water partition coefficient (Wildman–Crippen LogP) is 6.22. The zero-order chi connectivity index (χ0) is 24.7. The van der Waals surface area contributed by atoms with Crippen LogP contribution >= 0.6 is 27.3 Å². The van der Waals surface area contributed by atoms with E-state index in [1.165, 1.54) is 40.5 Å². The Morgan fingerprint density at radius 3 is 2.51 bits per heavy atom. The summed E-state index contributed by atoms with van der Waals surface area (Å²) in [6, 6.07) is 16.7. The minimum Gasteiger partial charge on any atom is -0.507 e. The second-order valence-corrected chi connectivity index (χ2v) is 9.71. The van der Waals surface area contributed by atoms with Crippen molar-refractivity contribution in [1.29, 1.82) is 0 Å². The summed E-state index contributed by atoms with van der Waals surface area (Å²) in [6.45, 7) is 2.40. The zero-order valence-corrected chi connectivity index (χ0v) is 20.8. The molecule has 1 aliphatic rings. The summed E-state index contributed by atoms with van der Waals surface area (Å²) in [5.74, 6) is -1.82. The molecule has 4 aromatic rings. The molecule has 6 nitrogen and oxygen atoms in total. The van der Waals surface area contributed by atoms with E-state index in [1.54, 1.807) is 36.4 Å². The Balaban J connectivity index is 1.69. The number of carbonyl (C=O) groups is 2. The van der Waals surface area contributed by atoms with Crippen LogP contribution in [0.4, 0.5) is 9.52 Å². The quantitative estimate of drug-likeness (QED) is 0.180. The monoisotopic (exact) mass is 552 g/mol. The summed E-state index contributed by atoms with van der Waals surface area (Å²) in [4.78, 5) is 32.5. The minimum absolute atomic E-state index is 0.0850. The van der Waals surface area contributed by atoms with Gasteiger partial charge in [0.05, 0.1) is 28.4 Å². The van der Waals surface area contributed by atoms with E-state index in [2.05, 4.69) is 20.9 Å². The van der Waals surface area contributed by atoms with Crippen LogP contribution in [0.5, 0.6) is 5.75 Å². The normalized spacial score (nSPS) is 17.3. The molecule has 1 N–H and O–H groups in total. The average molecular weight is 553 g/mol. The first kappa shape index (κ1) is 23.2. The number of aliphatic hydroxyl groups is 1. The molecule has 1 aromatic heterocycles. The predicted molar refractivity (Wildman–Crippen MR) is 136 cm³/mol. The number of benzene rings is 3. The number of Topliss-reactive ketones (excluding diaryl/α,β-unsaturated/α-hetero) is 1. The van der Waals surface area contributed by atoms with Gasteiger partial charge in [-0.2, -0.15) is 0 Å². The number of carbonyl (C=O) groups excluding carboxylic acids is 2. The molecule has 1 fully saturated rings. The maximum atomic E-state index is 13.5. The minimum atomic E-state index is -0.917. The van der Waals surface area contributed by atoms with E-state index in [4.69, 9.17) is 4.74 Å². The molecule has 0 unspecified atom stereocenters. The summed E-state index contributed by atoms with van der Waals surface area (Å²) in [7, 11) is 0. The molecular weight excluding hydrogens is 535 g/mol. The number of hydrogen-bond donors (Lipinski definition) is 1. The van der Waals surface area contributed by atoms with E-state index in [0.717, 1.165) is 9.17 Å². The molecule has 1 saturated heterocycles. The Hall–Kier alpha value is -3.56. The van der Waals surface area contributed by atoms with Crippen molar-refractivity contribution in [2.75, 3.05) is 11.5 Å². The number of anilines is 1. The SMILES string of the molecule is CCOc1ccc2nc(N3C(=O)C(=O)C(=C(O)c4ccc(F)cc4)[C@@H]3c3ccc(Br)cc3)sc2c1. The number of halogens is 2.